The van der Waals surface area contributed by atoms with E-state index in [1.807, 2.05) is 30.5 Å². The quantitative estimate of drug-likeness (QED) is 0.217. The van der Waals surface area contributed by atoms with E-state index in [1.165, 1.54) is 12.1 Å². The number of hydrogen-bond donors (Lipinski definition) is 1. The fraction of sp³-hybridized carbons (Fsp3) is 0.526. The number of alkyl halides is 2. The fourth-order valence-corrected chi connectivity index (χ4v) is 2.59. The molecule has 0 unspecified atom stereocenters. The molecule has 0 saturated heterocycles. The molecule has 0 aliphatic rings. The highest BCUT2D eigenvalue weighted by Crippen LogP contribution is 2.16. The summed E-state index contributed by atoms with van der Waals surface area (Å²) in [6.07, 6.45) is 0.839. The Bertz CT molecular complexity index is 786. The van der Waals surface area contributed by atoms with E-state index in [1.54, 1.807) is 19.2 Å². The Morgan fingerprint density at radius 3 is 2.53 bits per heavy atom. The highest BCUT2D eigenvalue weighted by Gasteiger charge is 2.10. The Balaban J connectivity index is 0.00000450. The van der Waals surface area contributed by atoms with Crippen molar-refractivity contribution in [3.05, 3.63) is 41.5 Å². The lowest BCUT2D eigenvalue weighted by Gasteiger charge is -2.23. The molecule has 2 rings (SSSR count). The number of aromatic nitrogens is 3. The molecule has 0 saturated carbocycles. The van der Waals surface area contributed by atoms with Crippen LogP contribution >= 0.6 is 24.0 Å². The van der Waals surface area contributed by atoms with Crippen molar-refractivity contribution in [2.24, 2.45) is 12.0 Å². The predicted molar refractivity (Wildman–Crippen MR) is 121 cm³/mol. The first-order valence-corrected chi connectivity index (χ1v) is 9.27. The summed E-state index contributed by atoms with van der Waals surface area (Å²) in [7, 11) is 5.48. The van der Waals surface area contributed by atoms with Gasteiger partial charge in [-0.3, -0.25) is 0 Å². The number of guanidine groups is 1. The Labute approximate surface area is 192 Å². The number of nitrogens with one attached hydrogen (secondary N) is 1. The molecule has 0 atom stereocenters. The first-order chi connectivity index (χ1) is 13.9. The molecule has 11 heteroatoms. The SMILES string of the molecule is COCCCNC(=NCc1nnc(C)n1C)N(C)Cc1ccc(OC(F)F)cc1.I. The molecule has 1 heterocycles. The Hall–Kier alpha value is -2.02. The number of halogens is 3. The Morgan fingerprint density at radius 2 is 1.97 bits per heavy atom. The topological polar surface area (TPSA) is 76.8 Å². The molecule has 0 aliphatic heterocycles. The van der Waals surface area contributed by atoms with Crippen molar-refractivity contribution in [3.8, 4) is 5.75 Å². The number of benzene rings is 1. The van der Waals surface area contributed by atoms with Gasteiger partial charge in [-0.2, -0.15) is 8.78 Å². The van der Waals surface area contributed by atoms with Crippen molar-refractivity contribution < 1.29 is 18.3 Å². The van der Waals surface area contributed by atoms with E-state index in [-0.39, 0.29) is 29.7 Å². The first-order valence-electron chi connectivity index (χ1n) is 9.27. The summed E-state index contributed by atoms with van der Waals surface area (Å²) in [6.45, 7) is 1.34. The summed E-state index contributed by atoms with van der Waals surface area (Å²) in [5, 5.41) is 11.5. The minimum Gasteiger partial charge on any atom is -0.435 e. The molecule has 0 radical (unpaired) electrons. The van der Waals surface area contributed by atoms with E-state index in [0.29, 0.717) is 32.2 Å². The highest BCUT2D eigenvalue weighted by molar-refractivity contribution is 14.0. The van der Waals surface area contributed by atoms with Crippen molar-refractivity contribution in [1.82, 2.24) is 25.0 Å². The van der Waals surface area contributed by atoms with Crippen molar-refractivity contribution in [3.63, 3.8) is 0 Å². The van der Waals surface area contributed by atoms with Gasteiger partial charge in [-0.05, 0) is 31.0 Å². The van der Waals surface area contributed by atoms with E-state index < -0.39 is 6.61 Å². The van der Waals surface area contributed by atoms with Crippen LogP contribution in [0.3, 0.4) is 0 Å². The largest absolute Gasteiger partial charge is 0.435 e. The van der Waals surface area contributed by atoms with E-state index in [0.717, 1.165) is 23.6 Å². The summed E-state index contributed by atoms with van der Waals surface area (Å²) < 4.78 is 36.0. The van der Waals surface area contributed by atoms with Gasteiger partial charge in [-0.15, -0.1) is 34.2 Å². The fourth-order valence-electron chi connectivity index (χ4n) is 2.59. The smallest absolute Gasteiger partial charge is 0.387 e. The van der Waals surface area contributed by atoms with Gasteiger partial charge < -0.3 is 24.3 Å². The van der Waals surface area contributed by atoms with Crippen LogP contribution in [-0.2, 0) is 24.9 Å². The van der Waals surface area contributed by atoms with Gasteiger partial charge in [0.15, 0.2) is 11.8 Å². The molecule has 1 N–H and O–H groups in total. The number of nitrogens with zero attached hydrogens (tertiary/aromatic N) is 5. The number of hydrogen-bond acceptors (Lipinski definition) is 5. The molecule has 0 bridgehead atoms. The summed E-state index contributed by atoms with van der Waals surface area (Å²) in [5.74, 6) is 2.43. The molecule has 2 aromatic rings. The second-order valence-corrected chi connectivity index (χ2v) is 6.51. The standard InChI is InChI=1S/C19H28F2N6O2.HI/c1-14-24-25-17(27(14)3)12-23-19(22-10-5-11-28-4)26(2)13-15-6-8-16(9-7-15)29-18(20)21;/h6-9,18H,5,10-13H2,1-4H3,(H,22,23);1H. The summed E-state index contributed by atoms with van der Waals surface area (Å²) in [5.41, 5.74) is 0.940. The Kier molecular flexibility index (Phi) is 11.5. The third kappa shape index (κ3) is 8.38. The zero-order valence-corrected chi connectivity index (χ0v) is 20.0. The van der Waals surface area contributed by atoms with E-state index in [4.69, 9.17) is 4.74 Å². The highest BCUT2D eigenvalue weighted by atomic mass is 127. The maximum absolute atomic E-state index is 12.3. The maximum atomic E-state index is 12.3. The average Bonchev–Trinajstić information content (AvgIpc) is 3.00. The normalized spacial score (nSPS) is 11.4. The molecule has 30 heavy (non-hydrogen) atoms. The number of aliphatic imine (C=N–C) groups is 1. The minimum absolute atomic E-state index is 0. The van der Waals surface area contributed by atoms with Gasteiger partial charge in [0.1, 0.15) is 18.1 Å². The second-order valence-electron chi connectivity index (χ2n) is 6.51. The lowest BCUT2D eigenvalue weighted by molar-refractivity contribution is -0.0498. The first kappa shape index (κ1) is 26.0. The molecule has 0 amide bonds. The molecule has 8 nitrogen and oxygen atoms in total. The summed E-state index contributed by atoms with van der Waals surface area (Å²) in [4.78, 5) is 6.62. The molecule has 1 aromatic heterocycles. The Morgan fingerprint density at radius 1 is 1.27 bits per heavy atom. The van der Waals surface area contributed by atoms with Crippen LogP contribution in [0.1, 0.15) is 23.6 Å². The van der Waals surface area contributed by atoms with Crippen LogP contribution in [0.25, 0.3) is 0 Å². The van der Waals surface area contributed by atoms with Crippen LogP contribution in [-0.4, -0.2) is 59.5 Å². The van der Waals surface area contributed by atoms with Crippen molar-refractivity contribution in [2.45, 2.75) is 33.0 Å². The lowest BCUT2D eigenvalue weighted by Crippen LogP contribution is -2.39. The monoisotopic (exact) mass is 538 g/mol. The van der Waals surface area contributed by atoms with Gasteiger partial charge in [0, 0.05) is 40.9 Å². The van der Waals surface area contributed by atoms with Gasteiger partial charge in [0.05, 0.1) is 0 Å². The zero-order chi connectivity index (χ0) is 21.2. The van der Waals surface area contributed by atoms with Crippen molar-refractivity contribution in [2.75, 3.05) is 27.3 Å². The van der Waals surface area contributed by atoms with Crippen LogP contribution in [0.5, 0.6) is 5.75 Å². The number of rotatable bonds is 10. The molecule has 168 valence electrons. The third-order valence-corrected chi connectivity index (χ3v) is 4.29. The summed E-state index contributed by atoms with van der Waals surface area (Å²) >= 11 is 0. The average molecular weight is 538 g/mol. The lowest BCUT2D eigenvalue weighted by atomic mass is 10.2. The number of aryl methyl sites for hydroxylation is 1. The van der Waals surface area contributed by atoms with E-state index in [2.05, 4.69) is 25.2 Å². The minimum atomic E-state index is -2.83. The third-order valence-electron chi connectivity index (χ3n) is 4.29. The zero-order valence-electron chi connectivity index (χ0n) is 17.6. The molecule has 0 spiro atoms. The van der Waals surface area contributed by atoms with Crippen molar-refractivity contribution in [1.29, 1.82) is 0 Å². The van der Waals surface area contributed by atoms with Gasteiger partial charge >= 0.3 is 6.61 Å². The molecular formula is C19H29F2IN6O2. The van der Waals surface area contributed by atoms with Crippen LogP contribution in [0.4, 0.5) is 8.78 Å². The summed E-state index contributed by atoms with van der Waals surface area (Å²) in [6, 6.07) is 6.56. The van der Waals surface area contributed by atoms with Crippen LogP contribution in [0, 0.1) is 6.92 Å². The molecular weight excluding hydrogens is 509 g/mol. The van der Waals surface area contributed by atoms with Crippen molar-refractivity contribution >= 4 is 29.9 Å². The van der Waals surface area contributed by atoms with E-state index >= 15 is 0 Å². The van der Waals surface area contributed by atoms with E-state index in [9.17, 15) is 8.78 Å². The maximum Gasteiger partial charge on any atom is 0.387 e. The molecule has 1 aromatic carbocycles. The molecule has 0 aliphatic carbocycles. The number of ether oxygens (including phenoxy) is 2. The van der Waals surface area contributed by atoms with Gasteiger partial charge in [-0.25, -0.2) is 4.99 Å². The van der Waals surface area contributed by atoms with Gasteiger partial charge in [0.2, 0.25) is 0 Å². The predicted octanol–water partition coefficient (Wildman–Crippen LogP) is 2.96. The second kappa shape index (κ2) is 13.3. The molecule has 0 fully saturated rings. The van der Waals surface area contributed by atoms with Crippen LogP contribution in [0.2, 0.25) is 0 Å². The van der Waals surface area contributed by atoms with Crippen LogP contribution < -0.4 is 10.1 Å². The van der Waals surface area contributed by atoms with Gasteiger partial charge in [0.25, 0.3) is 0 Å². The van der Waals surface area contributed by atoms with Crippen LogP contribution in [0.15, 0.2) is 29.3 Å². The number of methoxy groups -OCH3 is 1. The van der Waals surface area contributed by atoms with Gasteiger partial charge in [-0.1, -0.05) is 12.1 Å².